The highest BCUT2D eigenvalue weighted by atomic mass is 35.5. The number of nitrogens with one attached hydrogen (secondary N) is 1. The molecule has 9 heteroatoms. The Kier molecular flexibility index (Phi) is 7.56. The highest BCUT2D eigenvalue weighted by Crippen LogP contribution is 2.35. The molecule has 8 nitrogen and oxygen atoms in total. The van der Waals surface area contributed by atoms with Gasteiger partial charge in [0.05, 0.1) is 22.0 Å². The standard InChI is InChI=1S/C30H28ClN3O5/c1-3-34(20-11-5-4-6-12-20)29(36)26-27(25-22(31)14-9-15-24(25)33(2)28(26)35)38-18-39-30(37)32-23-17-16-19-10-7-8-13-21(19)23/h4-15,23H,3,16-18H2,1-2H3,(H,32,37)/t23-/m1/s1. The number of anilines is 1. The van der Waals surface area contributed by atoms with Crippen LogP contribution in [0.2, 0.25) is 5.02 Å². The number of carbonyl (C=O) groups excluding carboxylic acids is 2. The molecular formula is C30H28ClN3O5. The number of aromatic nitrogens is 1. The Morgan fingerprint density at radius 2 is 1.79 bits per heavy atom. The second kappa shape index (κ2) is 11.2. The van der Waals surface area contributed by atoms with Crippen molar-refractivity contribution in [3.05, 3.63) is 105 Å². The molecule has 1 aromatic heterocycles. The molecule has 1 atom stereocenters. The van der Waals surface area contributed by atoms with Crippen LogP contribution in [-0.4, -0.2) is 29.9 Å². The third-order valence-electron chi connectivity index (χ3n) is 6.99. The molecule has 0 spiro atoms. The molecule has 5 rings (SSSR count). The van der Waals surface area contributed by atoms with Gasteiger partial charge in [0, 0.05) is 19.3 Å². The third kappa shape index (κ3) is 5.07. The number of aryl methyl sites for hydroxylation is 2. The smallest absolute Gasteiger partial charge is 0.410 e. The number of carbonyl (C=O) groups is 2. The predicted octanol–water partition coefficient (Wildman–Crippen LogP) is 5.61. The number of hydrogen-bond donors (Lipinski definition) is 1. The summed E-state index contributed by atoms with van der Waals surface area (Å²) < 4.78 is 12.6. The summed E-state index contributed by atoms with van der Waals surface area (Å²) in [6, 6.07) is 21.9. The Balaban J connectivity index is 1.45. The van der Waals surface area contributed by atoms with Crippen LogP contribution in [-0.2, 0) is 18.2 Å². The maximum Gasteiger partial charge on any atom is 0.410 e. The Hall–Kier alpha value is -4.30. The number of benzene rings is 3. The molecule has 0 aliphatic heterocycles. The zero-order valence-corrected chi connectivity index (χ0v) is 22.4. The van der Waals surface area contributed by atoms with Crippen molar-refractivity contribution in [1.29, 1.82) is 0 Å². The third-order valence-corrected chi connectivity index (χ3v) is 7.30. The van der Waals surface area contributed by atoms with E-state index in [4.69, 9.17) is 21.1 Å². The van der Waals surface area contributed by atoms with Gasteiger partial charge in [-0.15, -0.1) is 0 Å². The average molecular weight is 546 g/mol. The van der Waals surface area contributed by atoms with Gasteiger partial charge in [-0.3, -0.25) is 9.59 Å². The molecule has 0 saturated carbocycles. The van der Waals surface area contributed by atoms with E-state index >= 15 is 0 Å². The molecule has 200 valence electrons. The van der Waals surface area contributed by atoms with Crippen molar-refractivity contribution in [3.8, 4) is 5.75 Å². The topological polar surface area (TPSA) is 89.9 Å². The molecule has 0 unspecified atom stereocenters. The molecule has 4 aromatic rings. The Bertz CT molecular complexity index is 1600. The van der Waals surface area contributed by atoms with Crippen molar-refractivity contribution < 1.29 is 19.1 Å². The van der Waals surface area contributed by atoms with E-state index in [-0.39, 0.29) is 17.4 Å². The molecule has 0 fully saturated rings. The summed E-state index contributed by atoms with van der Waals surface area (Å²) in [5.74, 6) is -0.578. The number of pyridine rings is 1. The van der Waals surface area contributed by atoms with Crippen LogP contribution in [0.25, 0.3) is 10.9 Å². The van der Waals surface area contributed by atoms with Gasteiger partial charge in [-0.05, 0) is 55.2 Å². The van der Waals surface area contributed by atoms with Crippen molar-refractivity contribution in [3.63, 3.8) is 0 Å². The van der Waals surface area contributed by atoms with E-state index in [1.165, 1.54) is 15.0 Å². The fourth-order valence-electron chi connectivity index (χ4n) is 5.07. The number of alkyl carbamates (subject to hydrolysis) is 1. The van der Waals surface area contributed by atoms with Crippen LogP contribution in [0.1, 0.15) is 40.9 Å². The molecule has 0 radical (unpaired) electrons. The maximum absolute atomic E-state index is 13.8. The number of amides is 2. The highest BCUT2D eigenvalue weighted by Gasteiger charge is 2.29. The predicted molar refractivity (Wildman–Crippen MR) is 151 cm³/mol. The minimum atomic E-state index is -0.664. The van der Waals surface area contributed by atoms with E-state index in [0.717, 1.165) is 18.4 Å². The van der Waals surface area contributed by atoms with Crippen LogP contribution in [0, 0.1) is 0 Å². The molecule has 3 aromatic carbocycles. The molecule has 0 bridgehead atoms. The summed E-state index contributed by atoms with van der Waals surface area (Å²) in [5.41, 5.74) is 2.62. The number of hydrogen-bond acceptors (Lipinski definition) is 5. The van der Waals surface area contributed by atoms with Crippen molar-refractivity contribution in [2.75, 3.05) is 18.2 Å². The molecule has 0 saturated heterocycles. The van der Waals surface area contributed by atoms with E-state index < -0.39 is 24.4 Å². The molecule has 1 aliphatic carbocycles. The van der Waals surface area contributed by atoms with Gasteiger partial charge >= 0.3 is 6.09 Å². The number of ether oxygens (including phenoxy) is 2. The number of fused-ring (bicyclic) bond motifs is 2. The van der Waals surface area contributed by atoms with Crippen molar-refractivity contribution in [2.24, 2.45) is 7.05 Å². The summed E-state index contributed by atoms with van der Waals surface area (Å²) in [4.78, 5) is 41.5. The summed E-state index contributed by atoms with van der Waals surface area (Å²) in [6.45, 7) is 1.61. The normalized spacial score (nSPS) is 14.1. The molecule has 2 amide bonds. The molecule has 1 aliphatic rings. The minimum absolute atomic E-state index is 0.0305. The average Bonchev–Trinajstić information content (AvgIpc) is 3.35. The summed E-state index contributed by atoms with van der Waals surface area (Å²) in [5, 5.41) is 3.54. The van der Waals surface area contributed by atoms with E-state index in [1.54, 1.807) is 37.4 Å². The number of para-hydroxylation sites is 1. The van der Waals surface area contributed by atoms with Crippen LogP contribution in [0.3, 0.4) is 0 Å². The number of halogens is 1. The lowest BCUT2D eigenvalue weighted by Gasteiger charge is -2.23. The molecule has 39 heavy (non-hydrogen) atoms. The Labute approximate surface area is 230 Å². The van der Waals surface area contributed by atoms with Gasteiger partial charge in [-0.1, -0.05) is 60.1 Å². The summed E-state index contributed by atoms with van der Waals surface area (Å²) in [6.07, 6.45) is 0.981. The van der Waals surface area contributed by atoms with Gasteiger partial charge < -0.3 is 24.3 Å². The van der Waals surface area contributed by atoms with E-state index in [9.17, 15) is 14.4 Å². The number of rotatable bonds is 7. The highest BCUT2D eigenvalue weighted by molar-refractivity contribution is 6.36. The van der Waals surface area contributed by atoms with Crippen LogP contribution in [0.4, 0.5) is 10.5 Å². The molecular weight excluding hydrogens is 518 g/mol. The first-order valence-electron chi connectivity index (χ1n) is 12.7. The first-order valence-corrected chi connectivity index (χ1v) is 13.1. The van der Waals surface area contributed by atoms with E-state index in [1.807, 2.05) is 49.4 Å². The van der Waals surface area contributed by atoms with Gasteiger partial charge in [0.15, 0.2) is 5.75 Å². The largest absolute Gasteiger partial charge is 0.455 e. The second-order valence-corrected chi connectivity index (χ2v) is 9.62. The lowest BCUT2D eigenvalue weighted by Crippen LogP contribution is -2.37. The van der Waals surface area contributed by atoms with Crippen molar-refractivity contribution >= 4 is 40.2 Å². The van der Waals surface area contributed by atoms with Crippen molar-refractivity contribution in [1.82, 2.24) is 9.88 Å². The lowest BCUT2D eigenvalue weighted by molar-refractivity contribution is 0.0575. The van der Waals surface area contributed by atoms with Gasteiger partial charge in [-0.2, -0.15) is 0 Å². The monoisotopic (exact) mass is 545 g/mol. The fraction of sp³-hybridized carbons (Fsp3) is 0.233. The molecule has 1 heterocycles. The quantitative estimate of drug-likeness (QED) is 0.305. The van der Waals surface area contributed by atoms with Crippen LogP contribution in [0.15, 0.2) is 77.6 Å². The van der Waals surface area contributed by atoms with Gasteiger partial charge in [-0.25, -0.2) is 4.79 Å². The second-order valence-electron chi connectivity index (χ2n) is 9.22. The SMILES string of the molecule is CCN(C(=O)c1c(OCOC(=O)N[C@@H]2CCc3ccccc32)c2c(Cl)cccc2n(C)c1=O)c1ccccc1. The summed E-state index contributed by atoms with van der Waals surface area (Å²) in [7, 11) is 1.57. The minimum Gasteiger partial charge on any atom is -0.455 e. The Morgan fingerprint density at radius 3 is 2.56 bits per heavy atom. The maximum atomic E-state index is 13.8. The van der Waals surface area contributed by atoms with Crippen molar-refractivity contribution in [2.45, 2.75) is 25.8 Å². The van der Waals surface area contributed by atoms with Gasteiger partial charge in [0.2, 0.25) is 6.79 Å². The van der Waals surface area contributed by atoms with E-state index in [2.05, 4.69) is 5.32 Å². The zero-order chi connectivity index (χ0) is 27.5. The van der Waals surface area contributed by atoms with Gasteiger partial charge in [0.25, 0.3) is 11.5 Å². The van der Waals surface area contributed by atoms with Crippen LogP contribution in [0.5, 0.6) is 5.75 Å². The van der Waals surface area contributed by atoms with Gasteiger partial charge in [0.1, 0.15) is 5.56 Å². The first-order chi connectivity index (χ1) is 18.9. The van der Waals surface area contributed by atoms with Crippen LogP contribution >= 0.6 is 11.6 Å². The van der Waals surface area contributed by atoms with Crippen LogP contribution < -0.4 is 20.5 Å². The Morgan fingerprint density at radius 1 is 1.05 bits per heavy atom. The fourth-order valence-corrected chi connectivity index (χ4v) is 5.32. The molecule has 1 N–H and O–H groups in total. The summed E-state index contributed by atoms with van der Waals surface area (Å²) >= 11 is 6.56. The number of nitrogens with zero attached hydrogens (tertiary/aromatic N) is 2. The van der Waals surface area contributed by atoms with E-state index in [0.29, 0.717) is 28.2 Å². The zero-order valence-electron chi connectivity index (χ0n) is 21.6. The lowest BCUT2D eigenvalue weighted by atomic mass is 10.1. The first kappa shape index (κ1) is 26.3.